The van der Waals surface area contributed by atoms with E-state index in [1.807, 2.05) is 82.5 Å². The Bertz CT molecular complexity index is 923. The lowest BCUT2D eigenvalue weighted by Crippen LogP contribution is -2.34. The van der Waals surface area contributed by atoms with E-state index in [9.17, 15) is 4.79 Å². The highest BCUT2D eigenvalue weighted by Crippen LogP contribution is 2.25. The van der Waals surface area contributed by atoms with Gasteiger partial charge < -0.3 is 4.90 Å². The van der Waals surface area contributed by atoms with Crippen LogP contribution >= 0.6 is 0 Å². The van der Waals surface area contributed by atoms with Gasteiger partial charge in [0.25, 0.3) is 0 Å². The first-order chi connectivity index (χ1) is 13.3. The van der Waals surface area contributed by atoms with Crippen molar-refractivity contribution in [1.82, 2.24) is 14.7 Å². The second-order valence-electron chi connectivity index (χ2n) is 6.80. The molecule has 1 amide bonds. The molecular weight excluding hydrogens is 334 g/mol. The van der Waals surface area contributed by atoms with Crippen LogP contribution in [0.5, 0.6) is 0 Å². The van der Waals surface area contributed by atoms with Crippen molar-refractivity contribution in [2.24, 2.45) is 0 Å². The van der Waals surface area contributed by atoms with Gasteiger partial charge in [-0.15, -0.1) is 0 Å². The second kappa shape index (κ2) is 8.04. The number of carbonyl (C=O) groups excluding carboxylic acids is 1. The molecule has 4 rings (SSSR count). The van der Waals surface area contributed by atoms with Crippen molar-refractivity contribution in [3.8, 4) is 16.9 Å². The van der Waals surface area contributed by atoms with E-state index in [0.29, 0.717) is 0 Å². The Kier molecular flexibility index (Phi) is 5.15. The Labute approximate surface area is 159 Å². The smallest absolute Gasteiger partial charge is 0.246 e. The lowest BCUT2D eigenvalue weighted by molar-refractivity contribution is -0.126. The molecule has 2 aromatic carbocycles. The highest BCUT2D eigenvalue weighted by atomic mass is 16.2. The van der Waals surface area contributed by atoms with Crippen molar-refractivity contribution in [3.63, 3.8) is 0 Å². The molecule has 0 unspecified atom stereocenters. The van der Waals surface area contributed by atoms with Gasteiger partial charge in [0, 0.05) is 36.5 Å². The van der Waals surface area contributed by atoms with Gasteiger partial charge in [0.05, 0.1) is 11.4 Å². The molecule has 0 spiro atoms. The van der Waals surface area contributed by atoms with Crippen molar-refractivity contribution in [3.05, 3.63) is 78.5 Å². The minimum atomic E-state index is 0.0844. The van der Waals surface area contributed by atoms with Crippen molar-refractivity contribution < 1.29 is 4.79 Å². The largest absolute Gasteiger partial charge is 0.339 e. The topological polar surface area (TPSA) is 38.1 Å². The molecular formula is C23H23N3O. The summed E-state index contributed by atoms with van der Waals surface area (Å²) in [7, 11) is 0. The van der Waals surface area contributed by atoms with Crippen molar-refractivity contribution >= 4 is 12.0 Å². The van der Waals surface area contributed by atoms with Crippen LogP contribution in [0.25, 0.3) is 23.0 Å². The fourth-order valence-electron chi connectivity index (χ4n) is 3.42. The summed E-state index contributed by atoms with van der Waals surface area (Å²) in [6, 6.07) is 20.1. The zero-order valence-electron chi connectivity index (χ0n) is 15.3. The molecule has 0 saturated carbocycles. The lowest BCUT2D eigenvalue weighted by Gasteiger charge is -2.25. The molecule has 1 saturated heterocycles. The molecule has 1 aromatic heterocycles. The maximum atomic E-state index is 12.5. The normalized spacial score (nSPS) is 14.6. The zero-order chi connectivity index (χ0) is 18.5. The SMILES string of the molecule is O=C(C=Cc1cn(-c2ccccc2)nc1-c1ccccc1)N1CCCCC1. The Morgan fingerprint density at radius 1 is 0.889 bits per heavy atom. The minimum Gasteiger partial charge on any atom is -0.339 e. The summed E-state index contributed by atoms with van der Waals surface area (Å²) < 4.78 is 1.87. The van der Waals surface area contributed by atoms with Gasteiger partial charge in [0.1, 0.15) is 0 Å². The van der Waals surface area contributed by atoms with E-state index in [1.54, 1.807) is 6.08 Å². The molecule has 1 fully saturated rings. The number of rotatable bonds is 4. The molecule has 0 atom stereocenters. The molecule has 136 valence electrons. The molecule has 3 aromatic rings. The van der Waals surface area contributed by atoms with Crippen LogP contribution in [0.1, 0.15) is 24.8 Å². The highest BCUT2D eigenvalue weighted by Gasteiger charge is 2.15. The Balaban J connectivity index is 1.67. The Hall–Kier alpha value is -3.14. The van der Waals surface area contributed by atoms with E-state index >= 15 is 0 Å². The van der Waals surface area contributed by atoms with Gasteiger partial charge in [0.15, 0.2) is 0 Å². The van der Waals surface area contributed by atoms with Crippen LogP contribution in [0.3, 0.4) is 0 Å². The molecule has 1 aliphatic heterocycles. The van der Waals surface area contributed by atoms with Gasteiger partial charge in [-0.1, -0.05) is 48.5 Å². The average molecular weight is 357 g/mol. The van der Waals surface area contributed by atoms with Crippen molar-refractivity contribution in [2.45, 2.75) is 19.3 Å². The van der Waals surface area contributed by atoms with Crippen LogP contribution in [0, 0.1) is 0 Å². The Morgan fingerprint density at radius 2 is 1.56 bits per heavy atom. The van der Waals surface area contributed by atoms with Gasteiger partial charge in [-0.3, -0.25) is 4.79 Å². The molecule has 4 heteroatoms. The van der Waals surface area contributed by atoms with Crippen LogP contribution in [-0.2, 0) is 4.79 Å². The van der Waals surface area contributed by atoms with Gasteiger partial charge in [-0.05, 0) is 37.5 Å². The van der Waals surface area contributed by atoms with Gasteiger partial charge in [0.2, 0.25) is 5.91 Å². The number of carbonyl (C=O) groups is 1. The molecule has 27 heavy (non-hydrogen) atoms. The first kappa shape index (κ1) is 17.3. The summed E-state index contributed by atoms with van der Waals surface area (Å²) in [5.74, 6) is 0.0844. The molecule has 0 bridgehead atoms. The lowest BCUT2D eigenvalue weighted by atomic mass is 10.1. The quantitative estimate of drug-likeness (QED) is 0.642. The van der Waals surface area contributed by atoms with Gasteiger partial charge in [-0.2, -0.15) is 5.10 Å². The third-order valence-electron chi connectivity index (χ3n) is 4.88. The number of likely N-dealkylation sites (tertiary alicyclic amines) is 1. The van der Waals surface area contributed by atoms with Crippen LogP contribution < -0.4 is 0 Å². The summed E-state index contributed by atoms with van der Waals surface area (Å²) in [5.41, 5.74) is 3.85. The number of piperidine rings is 1. The van der Waals surface area contributed by atoms with Crippen LogP contribution in [0.2, 0.25) is 0 Å². The van der Waals surface area contributed by atoms with Crippen LogP contribution in [0.15, 0.2) is 72.9 Å². The maximum absolute atomic E-state index is 12.5. The molecule has 0 N–H and O–H groups in total. The van der Waals surface area contributed by atoms with E-state index in [0.717, 1.165) is 48.4 Å². The molecule has 2 heterocycles. The number of para-hydroxylation sites is 1. The van der Waals surface area contributed by atoms with Gasteiger partial charge in [-0.25, -0.2) is 4.68 Å². The molecule has 1 aliphatic rings. The molecule has 0 radical (unpaired) electrons. The fraction of sp³-hybridized carbons (Fsp3) is 0.217. The number of hydrogen-bond donors (Lipinski definition) is 0. The van der Waals surface area contributed by atoms with Crippen molar-refractivity contribution in [1.29, 1.82) is 0 Å². The van der Waals surface area contributed by atoms with Crippen molar-refractivity contribution in [2.75, 3.05) is 13.1 Å². The van der Waals surface area contributed by atoms with E-state index in [-0.39, 0.29) is 5.91 Å². The first-order valence-electron chi connectivity index (χ1n) is 9.49. The summed E-state index contributed by atoms with van der Waals surface area (Å²) in [4.78, 5) is 14.4. The molecule has 0 aliphatic carbocycles. The number of benzene rings is 2. The summed E-state index contributed by atoms with van der Waals surface area (Å²) in [6.45, 7) is 1.72. The third kappa shape index (κ3) is 4.00. The van der Waals surface area contributed by atoms with E-state index in [1.165, 1.54) is 6.42 Å². The zero-order valence-corrected chi connectivity index (χ0v) is 15.3. The summed E-state index contributed by atoms with van der Waals surface area (Å²) in [6.07, 6.45) is 8.98. The number of nitrogens with zero attached hydrogens (tertiary/aromatic N) is 3. The third-order valence-corrected chi connectivity index (χ3v) is 4.88. The number of aromatic nitrogens is 2. The maximum Gasteiger partial charge on any atom is 0.246 e. The first-order valence-corrected chi connectivity index (χ1v) is 9.49. The predicted octanol–water partition coefficient (Wildman–Crippen LogP) is 4.57. The summed E-state index contributed by atoms with van der Waals surface area (Å²) in [5, 5.41) is 4.78. The monoisotopic (exact) mass is 357 g/mol. The van der Waals surface area contributed by atoms with E-state index < -0.39 is 0 Å². The summed E-state index contributed by atoms with van der Waals surface area (Å²) >= 11 is 0. The van der Waals surface area contributed by atoms with E-state index in [2.05, 4.69) is 0 Å². The average Bonchev–Trinajstić information content (AvgIpc) is 3.18. The van der Waals surface area contributed by atoms with E-state index in [4.69, 9.17) is 5.10 Å². The van der Waals surface area contributed by atoms with Crippen LogP contribution in [-0.4, -0.2) is 33.7 Å². The minimum absolute atomic E-state index is 0.0844. The standard InChI is InChI=1S/C23H23N3O/c27-22(25-16-8-3-9-17-25)15-14-20-18-26(21-12-6-2-7-13-21)24-23(20)19-10-4-1-5-11-19/h1-2,4-7,10-15,18H,3,8-9,16-17H2. The highest BCUT2D eigenvalue weighted by molar-refractivity contribution is 5.93. The predicted molar refractivity (Wildman–Crippen MR) is 108 cm³/mol. The second-order valence-corrected chi connectivity index (χ2v) is 6.80. The number of hydrogen-bond acceptors (Lipinski definition) is 2. The fourth-order valence-corrected chi connectivity index (χ4v) is 3.42. The van der Waals surface area contributed by atoms with Gasteiger partial charge >= 0.3 is 0 Å². The Morgan fingerprint density at radius 3 is 2.26 bits per heavy atom. The number of amides is 1. The van der Waals surface area contributed by atoms with Crippen LogP contribution in [0.4, 0.5) is 0 Å². The molecule has 4 nitrogen and oxygen atoms in total.